The SMILES string of the molecule is Cc1cc(NCCNC(=O)c2ccc([N+](=O)[O-])cc2[18F])n2ncc(C#N)c2n1. The van der Waals surface area contributed by atoms with Gasteiger partial charge in [0.1, 0.15) is 23.3 Å². The van der Waals surface area contributed by atoms with Crippen LogP contribution in [0.2, 0.25) is 0 Å². The number of rotatable bonds is 6. The van der Waals surface area contributed by atoms with Gasteiger partial charge < -0.3 is 10.6 Å². The minimum atomic E-state index is -0.966. The Hall–Kier alpha value is -4.07. The highest BCUT2D eigenvalue weighted by Crippen LogP contribution is 2.17. The highest BCUT2D eigenvalue weighted by atomic mass is 18.2. The van der Waals surface area contributed by atoms with E-state index >= 15 is 0 Å². The predicted octanol–water partition coefficient (Wildman–Crippen LogP) is 1.80. The fourth-order valence-electron chi connectivity index (χ4n) is 2.55. The summed E-state index contributed by atoms with van der Waals surface area (Å²) in [6.07, 6.45) is 1.41. The molecule has 3 aromatic rings. The lowest BCUT2D eigenvalue weighted by atomic mass is 10.2. The number of nitro groups is 1. The molecule has 0 saturated heterocycles. The number of carbonyl (C=O) groups excluding carboxylic acids is 1. The van der Waals surface area contributed by atoms with Crippen LogP contribution in [0.25, 0.3) is 5.65 Å². The van der Waals surface area contributed by atoms with Crippen molar-refractivity contribution < 1.29 is 14.1 Å². The smallest absolute Gasteiger partial charge is 0.272 e. The van der Waals surface area contributed by atoms with Crippen molar-refractivity contribution in [1.82, 2.24) is 19.9 Å². The number of benzene rings is 1. The molecule has 0 aliphatic rings. The van der Waals surface area contributed by atoms with Gasteiger partial charge in [-0.1, -0.05) is 0 Å². The highest BCUT2D eigenvalue weighted by molar-refractivity contribution is 5.94. The number of hydrogen-bond donors (Lipinski definition) is 2. The first-order chi connectivity index (χ1) is 13.4. The van der Waals surface area contributed by atoms with E-state index in [0.717, 1.165) is 12.1 Å². The minimum Gasteiger partial charge on any atom is -0.368 e. The molecule has 0 aliphatic heterocycles. The topological polar surface area (TPSA) is 138 Å². The van der Waals surface area contributed by atoms with E-state index < -0.39 is 22.3 Å². The summed E-state index contributed by atoms with van der Waals surface area (Å²) in [5.41, 5.74) is 0.738. The molecule has 1 aromatic carbocycles. The maximum atomic E-state index is 13.9. The van der Waals surface area contributed by atoms with Crippen molar-refractivity contribution in [2.45, 2.75) is 6.92 Å². The van der Waals surface area contributed by atoms with Crippen molar-refractivity contribution in [2.75, 3.05) is 18.4 Å². The van der Waals surface area contributed by atoms with Crippen molar-refractivity contribution in [3.05, 3.63) is 63.2 Å². The van der Waals surface area contributed by atoms with Gasteiger partial charge in [-0.15, -0.1) is 0 Å². The second kappa shape index (κ2) is 7.67. The van der Waals surface area contributed by atoms with Crippen molar-refractivity contribution >= 4 is 23.1 Å². The highest BCUT2D eigenvalue weighted by Gasteiger charge is 2.16. The Morgan fingerprint density at radius 1 is 1.39 bits per heavy atom. The van der Waals surface area contributed by atoms with Crippen molar-refractivity contribution in [3.63, 3.8) is 0 Å². The summed E-state index contributed by atoms with van der Waals surface area (Å²) in [5.74, 6) is -1.07. The van der Waals surface area contributed by atoms with E-state index in [9.17, 15) is 19.3 Å². The Balaban J connectivity index is 1.63. The summed E-state index contributed by atoms with van der Waals surface area (Å²) in [5, 5.41) is 29.4. The zero-order chi connectivity index (χ0) is 20.3. The predicted molar refractivity (Wildman–Crippen MR) is 96.3 cm³/mol. The molecule has 28 heavy (non-hydrogen) atoms. The number of carbonyl (C=O) groups is 1. The number of nitro benzene ring substituents is 1. The maximum absolute atomic E-state index is 13.9. The lowest BCUT2D eigenvalue weighted by molar-refractivity contribution is -0.385. The van der Waals surface area contributed by atoms with Gasteiger partial charge >= 0.3 is 0 Å². The molecule has 0 atom stereocenters. The molecule has 0 unspecified atom stereocenters. The zero-order valence-electron chi connectivity index (χ0n) is 14.6. The van der Waals surface area contributed by atoms with E-state index in [1.165, 1.54) is 10.7 Å². The quantitative estimate of drug-likeness (QED) is 0.376. The Morgan fingerprint density at radius 3 is 2.86 bits per heavy atom. The molecular weight excluding hydrogens is 368 g/mol. The third-order valence-corrected chi connectivity index (χ3v) is 3.85. The number of non-ortho nitro benzene ring substituents is 1. The van der Waals surface area contributed by atoms with E-state index in [4.69, 9.17) is 5.26 Å². The molecule has 2 aromatic heterocycles. The number of nitriles is 1. The largest absolute Gasteiger partial charge is 0.368 e. The van der Waals surface area contributed by atoms with Gasteiger partial charge in [0.25, 0.3) is 11.6 Å². The molecule has 0 fully saturated rings. The number of anilines is 1. The first kappa shape index (κ1) is 18.7. The number of fused-ring (bicyclic) bond motifs is 1. The molecule has 0 aliphatic carbocycles. The van der Waals surface area contributed by atoms with E-state index in [-0.39, 0.29) is 12.1 Å². The van der Waals surface area contributed by atoms with Crippen LogP contribution in [0.5, 0.6) is 0 Å². The standard InChI is InChI=1S/C17H14FN7O3/c1-10-6-15(24-16(23-10)11(8-19)9-22-24)20-4-5-21-17(26)13-3-2-12(25(27)28)7-14(13)18/h2-3,6-7,9,20H,4-5H2,1H3,(H,21,26)/i18-1. The van der Waals surface area contributed by atoms with Crippen LogP contribution in [-0.2, 0) is 0 Å². The third-order valence-electron chi connectivity index (χ3n) is 3.85. The summed E-state index contributed by atoms with van der Waals surface area (Å²) in [4.78, 5) is 26.2. The molecule has 1 amide bonds. The van der Waals surface area contributed by atoms with E-state index in [0.29, 0.717) is 35.3 Å². The summed E-state index contributed by atoms with van der Waals surface area (Å²) in [6.45, 7) is 2.23. The lowest BCUT2D eigenvalue weighted by Gasteiger charge is -2.10. The van der Waals surface area contributed by atoms with E-state index in [1.54, 1.807) is 13.0 Å². The molecule has 10 nitrogen and oxygen atoms in total. The van der Waals surface area contributed by atoms with Crippen LogP contribution < -0.4 is 10.6 Å². The average Bonchev–Trinajstić information content (AvgIpc) is 3.07. The van der Waals surface area contributed by atoms with Gasteiger partial charge in [0, 0.05) is 30.9 Å². The Bertz CT molecular complexity index is 1120. The Morgan fingerprint density at radius 2 is 2.18 bits per heavy atom. The first-order valence-electron chi connectivity index (χ1n) is 8.12. The molecule has 2 N–H and O–H groups in total. The minimum absolute atomic E-state index is 0.157. The molecular formula is C17H14FN7O3. The van der Waals surface area contributed by atoms with Crippen LogP contribution in [-0.4, -0.2) is 38.5 Å². The summed E-state index contributed by atoms with van der Waals surface area (Å²) < 4.78 is 15.3. The number of halogens is 1. The molecule has 3 rings (SSSR count). The Kier molecular flexibility index (Phi) is 5.12. The molecule has 0 spiro atoms. The van der Waals surface area contributed by atoms with Gasteiger partial charge in [-0.3, -0.25) is 14.9 Å². The molecule has 0 bridgehead atoms. The molecule has 0 radical (unpaired) electrons. The van der Waals surface area contributed by atoms with Gasteiger partial charge in [-0.25, -0.2) is 9.37 Å². The van der Waals surface area contributed by atoms with E-state index in [1.807, 2.05) is 6.07 Å². The molecule has 2 heterocycles. The van der Waals surface area contributed by atoms with Crippen LogP contribution >= 0.6 is 0 Å². The monoisotopic (exact) mass is 382 g/mol. The Labute approximate surface area is 157 Å². The molecule has 11 heteroatoms. The zero-order valence-corrected chi connectivity index (χ0v) is 14.6. The number of nitrogens with zero attached hydrogens (tertiary/aromatic N) is 5. The van der Waals surface area contributed by atoms with Gasteiger partial charge in [0.2, 0.25) is 0 Å². The number of amides is 1. The van der Waals surface area contributed by atoms with Gasteiger partial charge in [0.15, 0.2) is 5.65 Å². The number of aromatic nitrogens is 3. The average molecular weight is 382 g/mol. The molecule has 0 saturated carbocycles. The van der Waals surface area contributed by atoms with Crippen molar-refractivity contribution in [2.24, 2.45) is 0 Å². The third kappa shape index (κ3) is 3.70. The lowest BCUT2D eigenvalue weighted by Crippen LogP contribution is -2.29. The number of nitrogens with one attached hydrogen (secondary N) is 2. The maximum Gasteiger partial charge on any atom is 0.272 e. The fraction of sp³-hybridized carbons (Fsp3) is 0.176. The van der Waals surface area contributed by atoms with Crippen molar-refractivity contribution in [3.8, 4) is 6.07 Å². The number of hydrogen-bond acceptors (Lipinski definition) is 7. The van der Waals surface area contributed by atoms with Gasteiger partial charge in [0.05, 0.1) is 22.7 Å². The van der Waals surface area contributed by atoms with Crippen LogP contribution in [0.15, 0.2) is 30.5 Å². The number of aryl methyl sites for hydroxylation is 1. The second-order valence-corrected chi connectivity index (χ2v) is 5.79. The van der Waals surface area contributed by atoms with Gasteiger partial charge in [-0.05, 0) is 13.0 Å². The summed E-state index contributed by atoms with van der Waals surface area (Å²) in [6, 6.07) is 6.59. The van der Waals surface area contributed by atoms with Crippen LogP contribution in [0.3, 0.4) is 0 Å². The normalized spacial score (nSPS) is 10.5. The van der Waals surface area contributed by atoms with Crippen LogP contribution in [0, 0.1) is 34.2 Å². The van der Waals surface area contributed by atoms with E-state index in [2.05, 4.69) is 20.7 Å². The summed E-state index contributed by atoms with van der Waals surface area (Å²) >= 11 is 0. The van der Waals surface area contributed by atoms with Crippen LogP contribution in [0.1, 0.15) is 21.6 Å². The second-order valence-electron chi connectivity index (χ2n) is 5.79. The van der Waals surface area contributed by atoms with Crippen molar-refractivity contribution in [1.29, 1.82) is 5.26 Å². The van der Waals surface area contributed by atoms with Gasteiger partial charge in [-0.2, -0.15) is 14.9 Å². The summed E-state index contributed by atoms with van der Waals surface area (Å²) in [7, 11) is 0. The first-order valence-corrected chi connectivity index (χ1v) is 8.12. The van der Waals surface area contributed by atoms with Crippen LogP contribution in [0.4, 0.5) is 15.9 Å². The molecule has 142 valence electrons. The fourth-order valence-corrected chi connectivity index (χ4v) is 2.55.